The van der Waals surface area contributed by atoms with Crippen molar-refractivity contribution in [3.05, 3.63) is 34.9 Å². The Kier molecular flexibility index (Phi) is 2.80. The lowest BCUT2D eigenvalue weighted by molar-refractivity contribution is 0.179. The van der Waals surface area contributed by atoms with E-state index in [1.165, 1.54) is 0 Å². The summed E-state index contributed by atoms with van der Waals surface area (Å²) in [5.41, 5.74) is 1.08. The molecule has 0 saturated carbocycles. The van der Waals surface area contributed by atoms with Crippen molar-refractivity contribution in [1.82, 2.24) is 10.6 Å². The third-order valence-corrected chi connectivity index (χ3v) is 3.22. The van der Waals surface area contributed by atoms with Gasteiger partial charge in [-0.05, 0) is 17.7 Å². The Morgan fingerprint density at radius 3 is 2.56 bits per heavy atom. The first-order chi connectivity index (χ1) is 7.49. The van der Waals surface area contributed by atoms with Crippen molar-refractivity contribution in [2.75, 3.05) is 6.54 Å². The summed E-state index contributed by atoms with van der Waals surface area (Å²) in [6, 6.07) is 7.53. The Balaban J connectivity index is 2.30. The summed E-state index contributed by atoms with van der Waals surface area (Å²) in [6.45, 7) is 4.92. The number of halogens is 1. The largest absolute Gasteiger partial charge is 0.338 e. The minimum absolute atomic E-state index is 0.0122. The molecular formula is C12H15ClN2O. The van der Waals surface area contributed by atoms with Crippen LogP contribution < -0.4 is 10.6 Å². The van der Waals surface area contributed by atoms with Gasteiger partial charge in [0.05, 0.1) is 6.04 Å². The lowest BCUT2D eigenvalue weighted by Crippen LogP contribution is -2.54. The predicted molar refractivity (Wildman–Crippen MR) is 64.5 cm³/mol. The third kappa shape index (κ3) is 2.14. The first-order valence-corrected chi connectivity index (χ1v) is 5.67. The van der Waals surface area contributed by atoms with Crippen LogP contribution in [0.3, 0.4) is 0 Å². The van der Waals surface area contributed by atoms with Gasteiger partial charge >= 0.3 is 6.03 Å². The van der Waals surface area contributed by atoms with Crippen LogP contribution in [0, 0.1) is 5.41 Å². The van der Waals surface area contributed by atoms with Gasteiger partial charge in [0.15, 0.2) is 0 Å². The highest BCUT2D eigenvalue weighted by molar-refractivity contribution is 6.30. The molecule has 0 bridgehead atoms. The number of carbonyl (C=O) groups is 1. The second-order valence-electron chi connectivity index (χ2n) is 4.80. The van der Waals surface area contributed by atoms with Gasteiger partial charge in [0.25, 0.3) is 0 Å². The Bertz CT molecular complexity index is 400. The summed E-state index contributed by atoms with van der Waals surface area (Å²) < 4.78 is 0. The van der Waals surface area contributed by atoms with Gasteiger partial charge in [0.2, 0.25) is 0 Å². The molecule has 16 heavy (non-hydrogen) atoms. The van der Waals surface area contributed by atoms with Crippen LogP contribution in [-0.2, 0) is 0 Å². The zero-order valence-corrected chi connectivity index (χ0v) is 10.1. The number of benzene rings is 1. The summed E-state index contributed by atoms with van der Waals surface area (Å²) in [6.07, 6.45) is 0. The highest BCUT2D eigenvalue weighted by Crippen LogP contribution is 2.34. The Hall–Kier alpha value is -1.22. The van der Waals surface area contributed by atoms with Gasteiger partial charge in [0.1, 0.15) is 0 Å². The molecule has 0 aromatic heterocycles. The van der Waals surface area contributed by atoms with Crippen molar-refractivity contribution in [3.63, 3.8) is 0 Å². The molecular weight excluding hydrogens is 224 g/mol. The molecule has 1 aromatic rings. The maximum absolute atomic E-state index is 11.4. The molecule has 2 amide bonds. The van der Waals surface area contributed by atoms with Gasteiger partial charge in [0, 0.05) is 17.0 Å². The zero-order chi connectivity index (χ0) is 11.8. The van der Waals surface area contributed by atoms with E-state index in [-0.39, 0.29) is 17.5 Å². The average Bonchev–Trinajstić information content (AvgIpc) is 2.23. The maximum atomic E-state index is 11.4. The minimum Gasteiger partial charge on any atom is -0.338 e. The maximum Gasteiger partial charge on any atom is 0.315 e. The molecule has 1 aliphatic rings. The molecule has 1 saturated heterocycles. The minimum atomic E-state index is -0.112. The first-order valence-electron chi connectivity index (χ1n) is 5.29. The summed E-state index contributed by atoms with van der Waals surface area (Å²) in [5, 5.41) is 6.47. The third-order valence-electron chi connectivity index (χ3n) is 2.96. The normalized spacial score (nSPS) is 23.4. The first kappa shape index (κ1) is 11.3. The highest BCUT2D eigenvalue weighted by Gasteiger charge is 2.36. The van der Waals surface area contributed by atoms with E-state index in [2.05, 4.69) is 24.5 Å². The Morgan fingerprint density at radius 2 is 1.94 bits per heavy atom. The van der Waals surface area contributed by atoms with E-state index in [1.807, 2.05) is 24.3 Å². The van der Waals surface area contributed by atoms with Crippen molar-refractivity contribution in [3.8, 4) is 0 Å². The molecule has 4 heteroatoms. The van der Waals surface area contributed by atoms with Crippen LogP contribution >= 0.6 is 11.6 Å². The van der Waals surface area contributed by atoms with E-state index in [1.54, 1.807) is 0 Å². The van der Waals surface area contributed by atoms with Gasteiger partial charge < -0.3 is 10.6 Å². The van der Waals surface area contributed by atoms with Crippen LogP contribution in [0.4, 0.5) is 4.79 Å². The van der Waals surface area contributed by atoms with Crippen molar-refractivity contribution in [2.24, 2.45) is 5.41 Å². The fourth-order valence-electron chi connectivity index (χ4n) is 1.98. The molecule has 86 valence electrons. The summed E-state index contributed by atoms with van der Waals surface area (Å²) in [4.78, 5) is 11.4. The molecule has 1 fully saturated rings. The molecule has 2 rings (SSSR count). The lowest BCUT2D eigenvalue weighted by atomic mass is 9.79. The number of carbonyl (C=O) groups excluding carboxylic acids is 1. The highest BCUT2D eigenvalue weighted by atomic mass is 35.5. The SMILES string of the molecule is CC1(C)CNC(=O)NC1c1ccc(Cl)cc1. The summed E-state index contributed by atoms with van der Waals surface area (Å²) in [7, 11) is 0. The van der Waals surface area contributed by atoms with E-state index in [0.717, 1.165) is 5.56 Å². The van der Waals surface area contributed by atoms with E-state index < -0.39 is 0 Å². The van der Waals surface area contributed by atoms with Crippen LogP contribution in [0.25, 0.3) is 0 Å². The van der Waals surface area contributed by atoms with Crippen LogP contribution in [0.15, 0.2) is 24.3 Å². The summed E-state index contributed by atoms with van der Waals surface area (Å²) >= 11 is 5.85. The molecule has 0 spiro atoms. The van der Waals surface area contributed by atoms with Crippen LogP contribution in [0.2, 0.25) is 5.02 Å². The Labute approximate surface area is 100 Å². The quantitative estimate of drug-likeness (QED) is 0.776. The number of hydrogen-bond donors (Lipinski definition) is 2. The second kappa shape index (κ2) is 3.98. The van der Waals surface area contributed by atoms with E-state index in [4.69, 9.17) is 11.6 Å². The molecule has 1 aliphatic heterocycles. The molecule has 2 N–H and O–H groups in total. The number of rotatable bonds is 1. The Morgan fingerprint density at radius 1 is 1.31 bits per heavy atom. The standard InChI is InChI=1S/C12H15ClN2O/c1-12(2)7-14-11(16)15-10(12)8-3-5-9(13)6-4-8/h3-6,10H,7H2,1-2H3,(H2,14,15,16). The number of urea groups is 1. The van der Waals surface area contributed by atoms with Crippen molar-refractivity contribution in [1.29, 1.82) is 0 Å². The van der Waals surface area contributed by atoms with Gasteiger partial charge in [-0.25, -0.2) is 4.79 Å². The molecule has 1 aromatic carbocycles. The van der Waals surface area contributed by atoms with Crippen LogP contribution in [0.5, 0.6) is 0 Å². The fraction of sp³-hybridized carbons (Fsp3) is 0.417. The monoisotopic (exact) mass is 238 g/mol. The van der Waals surface area contributed by atoms with Crippen molar-refractivity contribution < 1.29 is 4.79 Å². The average molecular weight is 239 g/mol. The van der Waals surface area contributed by atoms with Crippen LogP contribution in [-0.4, -0.2) is 12.6 Å². The van der Waals surface area contributed by atoms with Crippen LogP contribution in [0.1, 0.15) is 25.5 Å². The van der Waals surface area contributed by atoms with Crippen molar-refractivity contribution >= 4 is 17.6 Å². The smallest absolute Gasteiger partial charge is 0.315 e. The van der Waals surface area contributed by atoms with E-state index in [0.29, 0.717) is 11.6 Å². The number of amides is 2. The molecule has 3 nitrogen and oxygen atoms in total. The second-order valence-corrected chi connectivity index (χ2v) is 5.24. The van der Waals surface area contributed by atoms with E-state index >= 15 is 0 Å². The summed E-state index contributed by atoms with van der Waals surface area (Å²) in [5.74, 6) is 0. The molecule has 0 aliphatic carbocycles. The number of hydrogen-bond acceptors (Lipinski definition) is 1. The fourth-order valence-corrected chi connectivity index (χ4v) is 2.10. The molecule has 1 atom stereocenters. The zero-order valence-electron chi connectivity index (χ0n) is 9.38. The van der Waals surface area contributed by atoms with E-state index in [9.17, 15) is 4.79 Å². The molecule has 1 heterocycles. The number of nitrogens with one attached hydrogen (secondary N) is 2. The predicted octanol–water partition coefficient (Wildman–Crippen LogP) is 2.72. The molecule has 1 unspecified atom stereocenters. The molecule has 0 radical (unpaired) electrons. The van der Waals surface area contributed by atoms with Gasteiger partial charge in [-0.15, -0.1) is 0 Å². The van der Waals surface area contributed by atoms with Gasteiger partial charge in [-0.2, -0.15) is 0 Å². The topological polar surface area (TPSA) is 41.1 Å². The lowest BCUT2D eigenvalue weighted by Gasteiger charge is -2.39. The van der Waals surface area contributed by atoms with Gasteiger partial charge in [-0.3, -0.25) is 0 Å². The van der Waals surface area contributed by atoms with Gasteiger partial charge in [-0.1, -0.05) is 37.6 Å². The van der Waals surface area contributed by atoms with Crippen molar-refractivity contribution in [2.45, 2.75) is 19.9 Å².